The van der Waals surface area contributed by atoms with Gasteiger partial charge in [-0.25, -0.2) is 9.88 Å². The number of anilines is 1. The van der Waals surface area contributed by atoms with Crippen LogP contribution in [-0.4, -0.2) is 28.3 Å². The largest absolute Gasteiger partial charge is 0.293 e. The number of benzene rings is 2. The van der Waals surface area contributed by atoms with Gasteiger partial charge in [-0.05, 0) is 48.6 Å². The summed E-state index contributed by atoms with van der Waals surface area (Å²) in [7, 11) is 0. The van der Waals surface area contributed by atoms with Gasteiger partial charge in [-0.1, -0.05) is 52.0 Å². The quantitative estimate of drug-likeness (QED) is 0.195. The number of carbonyl (C=O) groups excluding carboxylic acids is 3. The number of hydrogen-bond donors (Lipinski definition) is 0. The van der Waals surface area contributed by atoms with Crippen molar-refractivity contribution in [3.8, 4) is 0 Å². The number of carbonyl (C=O) groups is 3. The first-order chi connectivity index (χ1) is 15.5. The molecule has 1 aromatic heterocycles. The minimum absolute atomic E-state index is 0.0467. The summed E-state index contributed by atoms with van der Waals surface area (Å²) in [5.74, 6) is 0.193. The van der Waals surface area contributed by atoms with Crippen LogP contribution in [0, 0.1) is 23.7 Å². The van der Waals surface area contributed by atoms with Gasteiger partial charge in [-0.3, -0.25) is 14.4 Å². The van der Waals surface area contributed by atoms with Gasteiger partial charge >= 0.3 is 0 Å². The first-order valence-electron chi connectivity index (χ1n) is 10.4. The van der Waals surface area contributed by atoms with Gasteiger partial charge in [0.1, 0.15) is 0 Å². The van der Waals surface area contributed by atoms with E-state index in [2.05, 4.69) is 33.1 Å². The fourth-order valence-electron chi connectivity index (χ4n) is 5.10. The van der Waals surface area contributed by atoms with Crippen LogP contribution < -0.4 is 4.90 Å². The number of halogens is 1. The zero-order valence-electron chi connectivity index (χ0n) is 16.7. The molecule has 160 valence electrons. The van der Waals surface area contributed by atoms with Gasteiger partial charge in [0.05, 0.1) is 33.5 Å². The van der Waals surface area contributed by atoms with Crippen LogP contribution in [0.3, 0.4) is 0 Å². The van der Waals surface area contributed by atoms with E-state index in [1.165, 1.54) is 28.0 Å². The molecule has 2 amide bonds. The first kappa shape index (κ1) is 20.3. The van der Waals surface area contributed by atoms with Crippen molar-refractivity contribution in [1.82, 2.24) is 4.98 Å². The molecule has 0 N–H and O–H groups in total. The van der Waals surface area contributed by atoms with E-state index in [9.17, 15) is 14.4 Å². The Morgan fingerprint density at radius 3 is 2.44 bits per heavy atom. The first-order valence-corrected chi connectivity index (χ1v) is 13.0. The molecule has 1 aliphatic heterocycles. The van der Waals surface area contributed by atoms with E-state index in [0.29, 0.717) is 17.0 Å². The summed E-state index contributed by atoms with van der Waals surface area (Å²) in [6, 6.07) is 12.8. The standard InChI is InChI=1S/C24H17BrN2O3S2/c25-15-5-3-12(4-6-15)18(28)11-31-24-26-17-8-7-16(10-19(17)32-24)27-22(29)20-13-1-2-14(9-13)21(20)23(27)30/h1-8,10,13-14,20-21H,9,11H2/t13-,14-,20-,21+/m0/s1. The van der Waals surface area contributed by atoms with Crippen molar-refractivity contribution in [3.05, 3.63) is 64.7 Å². The van der Waals surface area contributed by atoms with Crippen molar-refractivity contribution < 1.29 is 14.4 Å². The number of rotatable bonds is 5. The summed E-state index contributed by atoms with van der Waals surface area (Å²) in [5, 5.41) is 0. The molecule has 2 fully saturated rings. The van der Waals surface area contributed by atoms with Gasteiger partial charge in [0.2, 0.25) is 11.8 Å². The van der Waals surface area contributed by atoms with Crippen molar-refractivity contribution in [2.24, 2.45) is 23.7 Å². The lowest BCUT2D eigenvalue weighted by molar-refractivity contribution is -0.123. The number of thioether (sulfide) groups is 1. The van der Waals surface area contributed by atoms with E-state index in [1.54, 1.807) is 18.2 Å². The second-order valence-electron chi connectivity index (χ2n) is 8.36. The fourth-order valence-corrected chi connectivity index (χ4v) is 7.36. The number of allylic oxidation sites excluding steroid dienone is 2. The predicted molar refractivity (Wildman–Crippen MR) is 129 cm³/mol. The second-order valence-corrected chi connectivity index (χ2v) is 11.5. The van der Waals surface area contributed by atoms with E-state index in [0.717, 1.165) is 25.4 Å². The smallest absolute Gasteiger partial charge is 0.238 e. The van der Waals surface area contributed by atoms with E-state index in [4.69, 9.17) is 0 Å². The zero-order chi connectivity index (χ0) is 22.0. The van der Waals surface area contributed by atoms with Crippen LogP contribution in [0.4, 0.5) is 5.69 Å². The fraction of sp³-hybridized carbons (Fsp3) is 0.250. The topological polar surface area (TPSA) is 67.3 Å². The summed E-state index contributed by atoms with van der Waals surface area (Å²) >= 11 is 6.26. The molecule has 0 unspecified atom stereocenters. The molecule has 0 radical (unpaired) electrons. The van der Waals surface area contributed by atoms with Crippen LogP contribution in [0.2, 0.25) is 0 Å². The molecule has 1 saturated heterocycles. The highest BCUT2D eigenvalue weighted by atomic mass is 79.9. The van der Waals surface area contributed by atoms with E-state index in [1.807, 2.05) is 24.3 Å². The molecule has 5 nitrogen and oxygen atoms in total. The highest BCUT2D eigenvalue weighted by Gasteiger charge is 2.59. The normalized spacial score (nSPS) is 25.8. The Kier molecular flexibility index (Phi) is 4.85. The molecular weight excluding hydrogens is 508 g/mol. The number of aromatic nitrogens is 1. The molecule has 0 spiro atoms. The second kappa shape index (κ2) is 7.64. The number of ketones is 1. The Morgan fingerprint density at radius 1 is 1.06 bits per heavy atom. The van der Waals surface area contributed by atoms with E-state index < -0.39 is 0 Å². The van der Waals surface area contributed by atoms with Crippen molar-refractivity contribution in [3.63, 3.8) is 0 Å². The van der Waals surface area contributed by atoms with E-state index in [-0.39, 0.29) is 41.3 Å². The Bertz CT molecular complexity index is 1290. The summed E-state index contributed by atoms with van der Waals surface area (Å²) in [4.78, 5) is 44.6. The molecule has 2 aliphatic carbocycles. The highest BCUT2D eigenvalue weighted by molar-refractivity contribution is 9.10. The van der Waals surface area contributed by atoms with Gasteiger partial charge < -0.3 is 0 Å². The third-order valence-corrected chi connectivity index (χ3v) is 9.26. The molecule has 3 aliphatic rings. The Labute approximate surface area is 201 Å². The van der Waals surface area contributed by atoms with Crippen LogP contribution in [0.5, 0.6) is 0 Å². The average molecular weight is 525 g/mol. The van der Waals surface area contributed by atoms with Gasteiger partial charge in [0, 0.05) is 10.0 Å². The molecule has 6 rings (SSSR count). The third-order valence-electron chi connectivity index (χ3n) is 6.57. The number of amides is 2. The Balaban J connectivity index is 1.21. The predicted octanol–water partition coefficient (Wildman–Crippen LogP) is 5.35. The van der Waals surface area contributed by atoms with Gasteiger partial charge in [-0.15, -0.1) is 11.3 Å². The molecule has 4 atom stereocenters. The number of Topliss-reactive ketones (excluding diaryl/α,β-unsaturated/α-hetero) is 1. The number of thiazole rings is 1. The maximum atomic E-state index is 13.1. The maximum absolute atomic E-state index is 13.1. The molecule has 2 aromatic carbocycles. The SMILES string of the molecule is O=C(CSc1nc2ccc(N3C(=O)[C@@H]4[C@H](C3=O)[C@H]3C=C[C@H]4C3)cc2s1)c1ccc(Br)cc1. The molecule has 32 heavy (non-hydrogen) atoms. The number of nitrogens with zero attached hydrogens (tertiary/aromatic N) is 2. The number of fused-ring (bicyclic) bond motifs is 6. The summed E-state index contributed by atoms with van der Waals surface area (Å²) in [5.41, 5.74) is 2.09. The summed E-state index contributed by atoms with van der Waals surface area (Å²) < 4.78 is 2.63. The van der Waals surface area contributed by atoms with Crippen LogP contribution in [-0.2, 0) is 9.59 Å². The lowest BCUT2D eigenvalue weighted by atomic mass is 9.85. The third kappa shape index (κ3) is 3.19. The molecule has 1 saturated carbocycles. The molecular formula is C24H17BrN2O3S2. The Morgan fingerprint density at radius 2 is 1.75 bits per heavy atom. The van der Waals surface area contributed by atoms with Crippen molar-refractivity contribution in [2.45, 2.75) is 10.8 Å². The molecule has 2 bridgehead atoms. The number of imide groups is 1. The van der Waals surface area contributed by atoms with Crippen LogP contribution in [0.25, 0.3) is 10.2 Å². The average Bonchev–Trinajstić information content (AvgIpc) is 3.55. The lowest BCUT2D eigenvalue weighted by Crippen LogP contribution is -2.32. The van der Waals surface area contributed by atoms with Crippen LogP contribution >= 0.6 is 39.0 Å². The van der Waals surface area contributed by atoms with Crippen molar-refractivity contribution in [2.75, 3.05) is 10.7 Å². The summed E-state index contributed by atoms with van der Waals surface area (Å²) in [6.45, 7) is 0. The van der Waals surface area contributed by atoms with Crippen LogP contribution in [0.15, 0.2) is 63.4 Å². The molecule has 8 heteroatoms. The number of hydrogen-bond acceptors (Lipinski definition) is 6. The van der Waals surface area contributed by atoms with Gasteiger partial charge in [0.15, 0.2) is 10.1 Å². The maximum Gasteiger partial charge on any atom is 0.238 e. The molecule has 3 aromatic rings. The zero-order valence-corrected chi connectivity index (χ0v) is 20.0. The van der Waals surface area contributed by atoms with Gasteiger partial charge in [-0.2, -0.15) is 0 Å². The Hall–Kier alpha value is -2.29. The lowest BCUT2D eigenvalue weighted by Gasteiger charge is -2.17. The summed E-state index contributed by atoms with van der Waals surface area (Å²) in [6.07, 6.45) is 5.13. The van der Waals surface area contributed by atoms with Crippen molar-refractivity contribution in [1.29, 1.82) is 0 Å². The van der Waals surface area contributed by atoms with Crippen LogP contribution in [0.1, 0.15) is 16.8 Å². The van der Waals surface area contributed by atoms with E-state index >= 15 is 0 Å². The monoisotopic (exact) mass is 524 g/mol. The van der Waals surface area contributed by atoms with Crippen molar-refractivity contribution >= 4 is 72.5 Å². The molecule has 2 heterocycles. The van der Waals surface area contributed by atoms with Gasteiger partial charge in [0.25, 0.3) is 0 Å². The highest BCUT2D eigenvalue weighted by Crippen LogP contribution is 2.53. The minimum Gasteiger partial charge on any atom is -0.293 e. The minimum atomic E-state index is -0.203.